The van der Waals surface area contributed by atoms with Gasteiger partial charge in [-0.15, -0.1) is 0 Å². The molecule has 0 aliphatic rings. The number of aryl methyl sites for hydroxylation is 1. The Bertz CT molecular complexity index is 820. The molecular weight excluding hydrogens is 297 g/mol. The van der Waals surface area contributed by atoms with Gasteiger partial charge in [0, 0.05) is 13.1 Å². The van der Waals surface area contributed by atoms with E-state index in [0.717, 1.165) is 0 Å². The molecule has 8 heteroatoms. The van der Waals surface area contributed by atoms with E-state index in [4.69, 9.17) is 22.1 Å². The highest BCUT2D eigenvalue weighted by atomic mass is 35.5. The van der Waals surface area contributed by atoms with Crippen LogP contribution < -0.4 is 10.5 Å². The molecule has 0 spiro atoms. The third kappa shape index (κ3) is 2.59. The molecular formula is C13H11ClFN5O. The number of rotatable bonds is 3. The average Bonchev–Trinajstić information content (AvgIpc) is 2.83. The highest BCUT2D eigenvalue weighted by Gasteiger charge is 2.10. The molecule has 0 aliphatic heterocycles. The molecule has 2 N–H and O–H groups in total. The largest absolute Gasteiger partial charge is 0.486 e. The van der Waals surface area contributed by atoms with Crippen LogP contribution in [0.4, 0.5) is 10.2 Å². The Balaban J connectivity index is 1.84. The van der Waals surface area contributed by atoms with E-state index in [-0.39, 0.29) is 11.6 Å². The van der Waals surface area contributed by atoms with Crippen LogP contribution in [0.5, 0.6) is 5.75 Å². The third-order valence-corrected chi connectivity index (χ3v) is 3.22. The number of nitrogen functional groups attached to an aromatic ring is 1. The maximum Gasteiger partial charge on any atom is 0.170 e. The summed E-state index contributed by atoms with van der Waals surface area (Å²) in [6, 6.07) is 4.10. The van der Waals surface area contributed by atoms with E-state index in [9.17, 15) is 4.39 Å². The van der Waals surface area contributed by atoms with Gasteiger partial charge in [0.2, 0.25) is 0 Å². The Morgan fingerprint density at radius 3 is 2.95 bits per heavy atom. The van der Waals surface area contributed by atoms with Crippen molar-refractivity contribution in [3.63, 3.8) is 0 Å². The average molecular weight is 308 g/mol. The van der Waals surface area contributed by atoms with Crippen molar-refractivity contribution in [2.24, 2.45) is 7.05 Å². The fraction of sp³-hybridized carbons (Fsp3) is 0.154. The predicted octanol–water partition coefficient (Wildman–Crippen LogP) is 2.32. The summed E-state index contributed by atoms with van der Waals surface area (Å²) in [4.78, 5) is 8.48. The minimum absolute atomic E-state index is 0.00461. The first kappa shape index (κ1) is 13.6. The Kier molecular flexibility index (Phi) is 3.34. The monoisotopic (exact) mass is 307 g/mol. The van der Waals surface area contributed by atoms with E-state index in [2.05, 4.69) is 15.1 Å². The van der Waals surface area contributed by atoms with E-state index in [1.54, 1.807) is 17.9 Å². The number of hydrogen-bond donors (Lipinski definition) is 1. The number of nitrogens with two attached hydrogens (primary N) is 1. The molecule has 0 fully saturated rings. The van der Waals surface area contributed by atoms with Gasteiger partial charge < -0.3 is 10.5 Å². The summed E-state index contributed by atoms with van der Waals surface area (Å²) in [6.07, 6.45) is 1.61. The second-order valence-electron chi connectivity index (χ2n) is 4.40. The van der Waals surface area contributed by atoms with Crippen molar-refractivity contribution in [1.29, 1.82) is 0 Å². The first-order valence-electron chi connectivity index (χ1n) is 6.06. The molecule has 0 radical (unpaired) electrons. The highest BCUT2D eigenvalue weighted by Crippen LogP contribution is 2.22. The summed E-state index contributed by atoms with van der Waals surface area (Å²) in [5.41, 5.74) is 6.48. The third-order valence-electron chi connectivity index (χ3n) is 2.93. The van der Waals surface area contributed by atoms with Gasteiger partial charge in [-0.2, -0.15) is 5.10 Å². The van der Waals surface area contributed by atoms with Crippen molar-refractivity contribution < 1.29 is 9.13 Å². The van der Waals surface area contributed by atoms with Crippen LogP contribution in [0.1, 0.15) is 5.82 Å². The number of ether oxygens (including phenoxy) is 1. The molecule has 21 heavy (non-hydrogen) atoms. The maximum absolute atomic E-state index is 13.1. The lowest BCUT2D eigenvalue weighted by Crippen LogP contribution is -2.06. The van der Waals surface area contributed by atoms with Gasteiger partial charge in [0.15, 0.2) is 11.5 Å². The molecule has 0 aliphatic carbocycles. The summed E-state index contributed by atoms with van der Waals surface area (Å²) < 4.78 is 20.1. The number of benzene rings is 1. The Morgan fingerprint density at radius 2 is 2.19 bits per heavy atom. The molecule has 108 valence electrons. The van der Waals surface area contributed by atoms with Gasteiger partial charge in [0.1, 0.15) is 24.0 Å². The molecule has 6 nitrogen and oxygen atoms in total. The second kappa shape index (κ2) is 5.17. The quantitative estimate of drug-likeness (QED) is 0.803. The number of halogens is 2. The molecule has 3 aromatic rings. The van der Waals surface area contributed by atoms with Crippen LogP contribution >= 0.6 is 11.6 Å². The zero-order valence-electron chi connectivity index (χ0n) is 11.0. The lowest BCUT2D eigenvalue weighted by molar-refractivity contribution is 0.296. The lowest BCUT2D eigenvalue weighted by Gasteiger charge is -2.07. The lowest BCUT2D eigenvalue weighted by atomic mass is 10.3. The molecule has 0 amide bonds. The number of anilines is 1. The van der Waals surface area contributed by atoms with E-state index >= 15 is 0 Å². The van der Waals surface area contributed by atoms with Gasteiger partial charge in [-0.25, -0.2) is 14.4 Å². The van der Waals surface area contributed by atoms with E-state index in [1.165, 1.54) is 18.2 Å². The van der Waals surface area contributed by atoms with Crippen molar-refractivity contribution in [1.82, 2.24) is 19.7 Å². The predicted molar refractivity (Wildman–Crippen MR) is 76.5 cm³/mol. The van der Waals surface area contributed by atoms with Gasteiger partial charge in [-0.3, -0.25) is 4.68 Å². The molecule has 0 saturated carbocycles. The molecule has 0 atom stereocenters. The summed E-state index contributed by atoms with van der Waals surface area (Å²) >= 11 is 5.69. The van der Waals surface area contributed by atoms with Crippen LogP contribution in [-0.2, 0) is 13.7 Å². The minimum atomic E-state index is -0.499. The normalized spacial score (nSPS) is 11.0. The second-order valence-corrected chi connectivity index (χ2v) is 4.80. The van der Waals surface area contributed by atoms with Gasteiger partial charge >= 0.3 is 0 Å². The van der Waals surface area contributed by atoms with Crippen LogP contribution in [0.3, 0.4) is 0 Å². The van der Waals surface area contributed by atoms with Crippen LogP contribution in [-0.4, -0.2) is 19.7 Å². The van der Waals surface area contributed by atoms with Crippen LogP contribution in [0, 0.1) is 5.82 Å². The standard InChI is InChI=1S/C13H11ClFN5O/c1-20-13-8(5-17-20)12(16)18-11(19-13)6-21-7-2-3-10(15)9(14)4-7/h2-5H,6H2,1H3,(H2,16,18,19). The first-order chi connectivity index (χ1) is 10.0. The summed E-state index contributed by atoms with van der Waals surface area (Å²) in [6.45, 7) is 0.0906. The van der Waals surface area contributed by atoms with Crippen LogP contribution in [0.25, 0.3) is 11.0 Å². The number of nitrogens with zero attached hydrogens (tertiary/aromatic N) is 4. The van der Waals surface area contributed by atoms with Crippen molar-refractivity contribution in [2.45, 2.75) is 6.61 Å². The zero-order chi connectivity index (χ0) is 15.0. The summed E-state index contributed by atoms with van der Waals surface area (Å²) in [7, 11) is 1.76. The van der Waals surface area contributed by atoms with E-state index < -0.39 is 5.82 Å². The van der Waals surface area contributed by atoms with E-state index in [0.29, 0.717) is 28.4 Å². The Labute approximate surface area is 124 Å². The molecule has 2 aromatic heterocycles. The number of aromatic nitrogens is 4. The SMILES string of the molecule is Cn1ncc2c(N)nc(COc3ccc(F)c(Cl)c3)nc21. The fourth-order valence-electron chi connectivity index (χ4n) is 1.87. The van der Waals surface area contributed by atoms with Crippen molar-refractivity contribution in [2.75, 3.05) is 5.73 Å². The topological polar surface area (TPSA) is 78.9 Å². The van der Waals surface area contributed by atoms with Crippen molar-refractivity contribution in [3.05, 3.63) is 41.1 Å². The van der Waals surface area contributed by atoms with Gasteiger partial charge in [-0.05, 0) is 12.1 Å². The smallest absolute Gasteiger partial charge is 0.170 e. The van der Waals surface area contributed by atoms with Crippen LogP contribution in [0.2, 0.25) is 5.02 Å². The molecule has 3 rings (SSSR count). The molecule has 0 bridgehead atoms. The van der Waals surface area contributed by atoms with Gasteiger partial charge in [-0.1, -0.05) is 11.6 Å². The Morgan fingerprint density at radius 1 is 1.38 bits per heavy atom. The van der Waals surface area contributed by atoms with Crippen molar-refractivity contribution >= 4 is 28.5 Å². The van der Waals surface area contributed by atoms with Gasteiger partial charge in [0.05, 0.1) is 16.6 Å². The van der Waals surface area contributed by atoms with Crippen LogP contribution in [0.15, 0.2) is 24.4 Å². The van der Waals surface area contributed by atoms with Crippen molar-refractivity contribution in [3.8, 4) is 5.75 Å². The minimum Gasteiger partial charge on any atom is -0.486 e. The zero-order valence-corrected chi connectivity index (χ0v) is 11.8. The first-order valence-corrected chi connectivity index (χ1v) is 6.44. The highest BCUT2D eigenvalue weighted by molar-refractivity contribution is 6.30. The summed E-state index contributed by atoms with van der Waals surface area (Å²) in [5.74, 6) is 0.669. The van der Waals surface area contributed by atoms with E-state index in [1.807, 2.05) is 0 Å². The molecule has 2 heterocycles. The molecule has 0 unspecified atom stereocenters. The number of hydrogen-bond acceptors (Lipinski definition) is 5. The molecule has 0 saturated heterocycles. The summed E-state index contributed by atoms with van der Waals surface area (Å²) in [5, 5.41) is 4.75. The molecule has 1 aromatic carbocycles. The fourth-order valence-corrected chi connectivity index (χ4v) is 2.04. The maximum atomic E-state index is 13.1. The number of fused-ring (bicyclic) bond motifs is 1. The van der Waals surface area contributed by atoms with Gasteiger partial charge in [0.25, 0.3) is 0 Å². The Hall–Kier alpha value is -2.41.